The second-order valence-electron chi connectivity index (χ2n) is 3.04. The molecule has 0 N–H and O–H groups in total. The van der Waals surface area contributed by atoms with E-state index in [2.05, 4.69) is 27.9 Å². The summed E-state index contributed by atoms with van der Waals surface area (Å²) in [6, 6.07) is 0. The molecule has 0 saturated heterocycles. The first-order chi connectivity index (χ1) is 5.20. The van der Waals surface area contributed by atoms with Gasteiger partial charge in [0.25, 0.3) is 0 Å². The Kier molecular flexibility index (Phi) is 8.86. The zero-order valence-corrected chi connectivity index (χ0v) is 10.9. The highest BCUT2D eigenvalue weighted by molar-refractivity contribution is 9.26. The summed E-state index contributed by atoms with van der Waals surface area (Å²) in [7, 11) is 5.99. The number of rotatable bonds is 6. The average molecular weight is 256 g/mol. The van der Waals surface area contributed by atoms with Crippen LogP contribution in [-0.2, 0) is 0 Å². The highest BCUT2D eigenvalue weighted by atomic mass is 79.9. The molecule has 11 heavy (non-hydrogen) atoms. The monoisotopic (exact) mass is 254 g/mol. The van der Waals surface area contributed by atoms with Crippen molar-refractivity contribution in [3.8, 4) is 0 Å². The Bertz CT molecular complexity index is 88.2. The standard InChI is InChI=1S/C8H17.Al.BrH.ClH/c1-4-6-7-8(3)5-2;;;/h8H,3-7H2,1-2H3;;2*1H/q;+2;;/p-2. The first-order valence-corrected chi connectivity index (χ1v) is 10.2. The summed E-state index contributed by atoms with van der Waals surface area (Å²) < 4.78 is 0. The summed E-state index contributed by atoms with van der Waals surface area (Å²) in [6.45, 7) is 4.51. The van der Waals surface area contributed by atoms with Crippen molar-refractivity contribution in [3.05, 3.63) is 0 Å². The quantitative estimate of drug-likeness (QED) is 0.620. The molecule has 0 aromatic heterocycles. The molecule has 0 bridgehead atoms. The lowest BCUT2D eigenvalue weighted by Crippen LogP contribution is -2.04. The van der Waals surface area contributed by atoms with Crippen LogP contribution in [0.25, 0.3) is 0 Å². The maximum atomic E-state index is 5.99. The van der Waals surface area contributed by atoms with E-state index in [0.29, 0.717) is 0 Å². The zero-order valence-electron chi connectivity index (χ0n) is 7.45. The third kappa shape index (κ3) is 7.66. The Morgan fingerprint density at radius 3 is 2.45 bits per heavy atom. The molecule has 0 radical (unpaired) electrons. The van der Waals surface area contributed by atoms with E-state index in [1.165, 1.54) is 31.0 Å². The van der Waals surface area contributed by atoms with Gasteiger partial charge in [-0.25, -0.2) is 10.0 Å². The predicted molar refractivity (Wildman–Crippen MR) is 58.6 cm³/mol. The minimum absolute atomic E-state index is 0.878. The van der Waals surface area contributed by atoms with Crippen LogP contribution in [0.4, 0.5) is 0 Å². The van der Waals surface area contributed by atoms with Gasteiger partial charge in [0.05, 0.1) is 0 Å². The molecule has 0 aliphatic carbocycles. The minimum atomic E-state index is -1.00. The Balaban J connectivity index is 3.41. The second-order valence-corrected chi connectivity index (χ2v) is 10.8. The van der Waals surface area contributed by atoms with E-state index in [0.717, 1.165) is 5.92 Å². The van der Waals surface area contributed by atoms with Gasteiger partial charge in [-0.15, -0.1) is 0 Å². The van der Waals surface area contributed by atoms with Gasteiger partial charge in [-0.3, -0.25) is 0 Å². The van der Waals surface area contributed by atoms with E-state index >= 15 is 0 Å². The maximum absolute atomic E-state index is 5.99. The van der Waals surface area contributed by atoms with Crippen LogP contribution in [0.2, 0.25) is 5.28 Å². The molecule has 0 saturated carbocycles. The van der Waals surface area contributed by atoms with E-state index < -0.39 is 11.4 Å². The summed E-state index contributed by atoms with van der Waals surface area (Å²) >= 11 is 2.51. The molecule has 0 amide bonds. The van der Waals surface area contributed by atoms with Crippen molar-refractivity contribution in [1.29, 1.82) is 0 Å². The SMILES string of the molecule is CCCCC(CC)[CH2][Al]([Cl])[Br]. The molecular weight excluding hydrogens is 238 g/mol. The lowest BCUT2D eigenvalue weighted by Gasteiger charge is -2.12. The van der Waals surface area contributed by atoms with Crippen molar-refractivity contribution >= 4 is 35.5 Å². The van der Waals surface area contributed by atoms with Gasteiger partial charge >= 0.3 is 11.4 Å². The van der Waals surface area contributed by atoms with Gasteiger partial charge in [-0.05, 0) is 0 Å². The van der Waals surface area contributed by atoms with Crippen LogP contribution in [0, 0.1) is 5.92 Å². The topological polar surface area (TPSA) is 0 Å². The zero-order chi connectivity index (χ0) is 8.69. The van der Waals surface area contributed by atoms with Crippen LogP contribution in [-0.4, -0.2) is 11.4 Å². The van der Waals surface area contributed by atoms with Crippen LogP contribution in [0.15, 0.2) is 0 Å². The summed E-state index contributed by atoms with van der Waals surface area (Å²) in [6.07, 6.45) is 5.34. The predicted octanol–water partition coefficient (Wildman–Crippen LogP) is 4.32. The van der Waals surface area contributed by atoms with E-state index in [1.54, 1.807) is 0 Å². The molecule has 0 nitrogen and oxygen atoms in total. The Morgan fingerprint density at radius 1 is 1.45 bits per heavy atom. The molecular formula is C8H17AlBrCl. The molecule has 0 heterocycles. The lowest BCUT2D eigenvalue weighted by molar-refractivity contribution is 0.491. The average Bonchev–Trinajstić information content (AvgIpc) is 1.97. The fraction of sp³-hybridized carbons (Fsp3) is 1.00. The molecule has 66 valence electrons. The molecule has 1 unspecified atom stereocenters. The van der Waals surface area contributed by atoms with Gasteiger partial charge in [0.2, 0.25) is 0 Å². The van der Waals surface area contributed by atoms with Gasteiger partial charge in [-0.2, -0.15) is 14.1 Å². The van der Waals surface area contributed by atoms with Gasteiger partial charge in [-0.1, -0.05) is 50.7 Å². The number of hydrogen-bond donors (Lipinski definition) is 0. The minimum Gasteiger partial charge on any atom is -0.242 e. The highest BCUT2D eigenvalue weighted by Gasteiger charge is 2.16. The first kappa shape index (κ1) is 12.3. The van der Waals surface area contributed by atoms with Crippen LogP contribution in [0.3, 0.4) is 0 Å². The summed E-state index contributed by atoms with van der Waals surface area (Å²) in [5, 5.41) is 1.25. The molecule has 0 spiro atoms. The smallest absolute Gasteiger partial charge is 0.242 e. The van der Waals surface area contributed by atoms with Crippen molar-refractivity contribution in [1.82, 2.24) is 0 Å². The van der Waals surface area contributed by atoms with Crippen molar-refractivity contribution < 1.29 is 0 Å². The van der Waals surface area contributed by atoms with Gasteiger partial charge in [0, 0.05) is 0 Å². The molecule has 0 rings (SSSR count). The van der Waals surface area contributed by atoms with Crippen LogP contribution in [0.5, 0.6) is 0 Å². The number of unbranched alkanes of at least 4 members (excludes halogenated alkanes) is 1. The van der Waals surface area contributed by atoms with Crippen LogP contribution in [0.1, 0.15) is 39.5 Å². The first-order valence-electron chi connectivity index (χ1n) is 4.48. The molecule has 0 fully saturated rings. The lowest BCUT2D eigenvalue weighted by atomic mass is 10.0. The van der Waals surface area contributed by atoms with E-state index in [-0.39, 0.29) is 0 Å². The maximum Gasteiger partial charge on any atom is 0.487 e. The van der Waals surface area contributed by atoms with Crippen molar-refractivity contribution in [2.75, 3.05) is 0 Å². The van der Waals surface area contributed by atoms with Crippen molar-refractivity contribution in [2.24, 2.45) is 5.92 Å². The third-order valence-corrected chi connectivity index (χ3v) is 4.73. The number of hydrogen-bond acceptors (Lipinski definition) is 0. The Labute approximate surface area is 85.9 Å². The molecule has 0 aliphatic heterocycles. The highest BCUT2D eigenvalue weighted by Crippen LogP contribution is 2.22. The molecule has 1 atom stereocenters. The van der Waals surface area contributed by atoms with E-state index in [9.17, 15) is 0 Å². The Hall–Kier alpha value is 1.30. The molecule has 0 aromatic carbocycles. The summed E-state index contributed by atoms with van der Waals surface area (Å²) in [5.41, 5.74) is 0. The summed E-state index contributed by atoms with van der Waals surface area (Å²) in [5.74, 6) is 0.878. The van der Waals surface area contributed by atoms with Gasteiger partial charge in [0.15, 0.2) is 0 Å². The van der Waals surface area contributed by atoms with Crippen molar-refractivity contribution in [3.63, 3.8) is 0 Å². The van der Waals surface area contributed by atoms with Gasteiger partial charge < -0.3 is 0 Å². The van der Waals surface area contributed by atoms with Crippen molar-refractivity contribution in [2.45, 2.75) is 44.8 Å². The fourth-order valence-corrected chi connectivity index (χ4v) is 4.65. The molecule has 0 aliphatic rings. The molecule has 0 aromatic rings. The summed E-state index contributed by atoms with van der Waals surface area (Å²) in [4.78, 5) is 0. The largest absolute Gasteiger partial charge is 0.487 e. The second kappa shape index (κ2) is 7.93. The fourth-order valence-electron chi connectivity index (χ4n) is 1.23. The number of halogens is 2. The van der Waals surface area contributed by atoms with Crippen LogP contribution >= 0.6 is 24.1 Å². The van der Waals surface area contributed by atoms with Gasteiger partial charge in [0.1, 0.15) is 0 Å². The van der Waals surface area contributed by atoms with Crippen LogP contribution < -0.4 is 0 Å². The van der Waals surface area contributed by atoms with E-state index in [4.69, 9.17) is 10.0 Å². The van der Waals surface area contributed by atoms with E-state index in [1.807, 2.05) is 0 Å². The Morgan fingerprint density at radius 2 is 2.09 bits per heavy atom. The normalized spacial score (nSPS) is 13.1. The third-order valence-electron chi connectivity index (χ3n) is 2.05. The molecule has 3 heteroatoms.